The maximum atomic E-state index is 14.1. The number of esters is 2. The van der Waals surface area contributed by atoms with Gasteiger partial charge >= 0.3 is 11.9 Å². The van der Waals surface area contributed by atoms with Gasteiger partial charge < -0.3 is 9.47 Å². The van der Waals surface area contributed by atoms with E-state index in [9.17, 15) is 19.2 Å². The van der Waals surface area contributed by atoms with Gasteiger partial charge in [0.2, 0.25) is 0 Å². The molecule has 6 nitrogen and oxygen atoms in total. The van der Waals surface area contributed by atoms with E-state index in [0.717, 1.165) is 38.5 Å². The molecular weight excluding hydrogens is 468 g/mol. The maximum absolute atomic E-state index is 14.1. The Kier molecular flexibility index (Phi) is 9.33. The van der Waals surface area contributed by atoms with Crippen LogP contribution in [0.3, 0.4) is 0 Å². The molecule has 0 N–H and O–H groups in total. The van der Waals surface area contributed by atoms with Crippen molar-refractivity contribution in [3.8, 4) is 0 Å². The Hall–Kier alpha value is -1.72. The first-order valence-electron chi connectivity index (χ1n) is 14.7. The summed E-state index contributed by atoms with van der Waals surface area (Å²) < 4.78 is 9.80. The minimum absolute atomic E-state index is 0.00708. The molecule has 37 heavy (non-hydrogen) atoms. The molecule has 0 aromatic heterocycles. The number of ether oxygens (including phenoxy) is 2. The van der Waals surface area contributed by atoms with Crippen LogP contribution in [0.15, 0.2) is 0 Å². The first-order valence-corrected chi connectivity index (χ1v) is 14.7. The minimum atomic E-state index is -0.904. The molecule has 6 heteroatoms. The highest BCUT2D eigenvalue weighted by Crippen LogP contribution is 2.68. The fraction of sp³-hybridized carbons (Fsp3) is 0.871. The zero-order valence-corrected chi connectivity index (χ0v) is 24.4. The first kappa shape index (κ1) is 29.8. The lowest BCUT2D eigenvalue weighted by Gasteiger charge is -2.61. The Morgan fingerprint density at radius 1 is 0.919 bits per heavy atom. The van der Waals surface area contributed by atoms with Crippen molar-refractivity contribution >= 4 is 23.5 Å². The second-order valence-electron chi connectivity index (χ2n) is 12.6. The van der Waals surface area contributed by atoms with Crippen molar-refractivity contribution in [3.63, 3.8) is 0 Å². The summed E-state index contributed by atoms with van der Waals surface area (Å²) in [6, 6.07) is 0. The van der Waals surface area contributed by atoms with Gasteiger partial charge in [-0.25, -0.2) is 0 Å². The van der Waals surface area contributed by atoms with E-state index in [4.69, 9.17) is 9.47 Å². The van der Waals surface area contributed by atoms with E-state index in [1.54, 1.807) is 0 Å². The van der Waals surface area contributed by atoms with Crippen LogP contribution in [0.25, 0.3) is 0 Å². The van der Waals surface area contributed by atoms with Crippen LogP contribution in [0, 0.1) is 58.2 Å². The quantitative estimate of drug-likeness (QED) is 0.314. The third-order valence-corrected chi connectivity index (χ3v) is 11.3. The Balaban J connectivity index is 0.00000186. The standard InChI is InChI=1S/C29H44O6.C2H6/c1-7-18-23-15-17(30)10-12-29(23,4)22-11-13-28(3)20(8-9-21(28)24(22)25(18)31)16(2)14-19(26(32)34-5)27(33)35-6;1-2/h16,18-24H,7-15H2,1-6H3;1-2H3/t16-,18?,20?,21?,22?,23?,24?,28?,29?;/m1./s1. The Morgan fingerprint density at radius 2 is 1.51 bits per heavy atom. The first-order chi connectivity index (χ1) is 17.5. The molecule has 8 unspecified atom stereocenters. The van der Waals surface area contributed by atoms with Crippen LogP contribution in [0.5, 0.6) is 0 Å². The summed E-state index contributed by atoms with van der Waals surface area (Å²) >= 11 is 0. The van der Waals surface area contributed by atoms with Gasteiger partial charge in [-0.15, -0.1) is 0 Å². The lowest BCUT2D eigenvalue weighted by atomic mass is 9.42. The van der Waals surface area contributed by atoms with Gasteiger partial charge in [-0.2, -0.15) is 0 Å². The molecule has 0 bridgehead atoms. The zero-order valence-electron chi connectivity index (χ0n) is 24.4. The maximum Gasteiger partial charge on any atom is 0.320 e. The summed E-state index contributed by atoms with van der Waals surface area (Å²) in [4.78, 5) is 51.1. The summed E-state index contributed by atoms with van der Waals surface area (Å²) in [5.41, 5.74) is 0.0814. The van der Waals surface area contributed by atoms with Gasteiger partial charge in [-0.05, 0) is 85.4 Å². The third-order valence-electron chi connectivity index (χ3n) is 11.3. The topological polar surface area (TPSA) is 86.7 Å². The lowest BCUT2D eigenvalue weighted by Crippen LogP contribution is -2.60. The summed E-state index contributed by atoms with van der Waals surface area (Å²) in [5.74, 6) is 0.216. The van der Waals surface area contributed by atoms with Gasteiger partial charge in [0.1, 0.15) is 11.6 Å². The highest BCUT2D eigenvalue weighted by molar-refractivity contribution is 5.94. The molecule has 0 aromatic rings. The molecular formula is C31H50O6. The molecule has 0 spiro atoms. The van der Waals surface area contributed by atoms with Gasteiger partial charge in [0, 0.05) is 24.7 Å². The van der Waals surface area contributed by atoms with Crippen LogP contribution in [0.2, 0.25) is 0 Å². The average Bonchev–Trinajstić information content (AvgIpc) is 3.26. The van der Waals surface area contributed by atoms with E-state index < -0.39 is 17.9 Å². The van der Waals surface area contributed by atoms with Crippen LogP contribution in [0.4, 0.5) is 0 Å². The number of Topliss-reactive ketones (excluding diaryl/α,β-unsaturated/α-hetero) is 2. The highest BCUT2D eigenvalue weighted by Gasteiger charge is 2.65. The molecule has 4 aliphatic carbocycles. The van der Waals surface area contributed by atoms with E-state index in [0.29, 0.717) is 48.6 Å². The van der Waals surface area contributed by atoms with Crippen LogP contribution >= 0.6 is 0 Å². The lowest BCUT2D eigenvalue weighted by molar-refractivity contribution is -0.170. The summed E-state index contributed by atoms with van der Waals surface area (Å²) in [7, 11) is 2.62. The van der Waals surface area contributed by atoms with Crippen molar-refractivity contribution in [2.75, 3.05) is 14.2 Å². The Morgan fingerprint density at radius 3 is 2.08 bits per heavy atom. The monoisotopic (exact) mass is 518 g/mol. The average molecular weight is 519 g/mol. The van der Waals surface area contributed by atoms with Gasteiger partial charge in [0.15, 0.2) is 5.92 Å². The SMILES string of the molecule is CC.CCC1C(=O)C2C(CCC3(C)C2CCC3[C@H](C)CC(C(=O)OC)C(=O)OC)C2(C)CCC(=O)CC12. The number of hydrogen-bond acceptors (Lipinski definition) is 6. The molecule has 0 radical (unpaired) electrons. The van der Waals surface area contributed by atoms with Crippen molar-refractivity contribution in [1.82, 2.24) is 0 Å². The summed E-state index contributed by atoms with van der Waals surface area (Å²) in [6.07, 6.45) is 7.52. The number of hydrogen-bond donors (Lipinski definition) is 0. The fourth-order valence-electron chi connectivity index (χ4n) is 9.53. The molecule has 4 aliphatic rings. The van der Waals surface area contributed by atoms with Crippen LogP contribution in [-0.2, 0) is 28.7 Å². The van der Waals surface area contributed by atoms with Crippen LogP contribution in [-0.4, -0.2) is 37.7 Å². The van der Waals surface area contributed by atoms with Crippen molar-refractivity contribution in [1.29, 1.82) is 0 Å². The number of methoxy groups -OCH3 is 2. The second-order valence-corrected chi connectivity index (χ2v) is 12.6. The second kappa shape index (κ2) is 11.6. The number of carbonyl (C=O) groups excluding carboxylic acids is 4. The third kappa shape index (κ3) is 4.91. The number of carbonyl (C=O) groups is 4. The Bertz CT molecular complexity index is 865. The summed E-state index contributed by atoms with van der Waals surface area (Å²) in [6.45, 7) is 13.0. The molecule has 9 atom stereocenters. The molecule has 210 valence electrons. The number of rotatable bonds is 6. The van der Waals surface area contributed by atoms with Gasteiger partial charge in [0.05, 0.1) is 14.2 Å². The fourth-order valence-corrected chi connectivity index (χ4v) is 9.53. The van der Waals surface area contributed by atoms with Crippen molar-refractivity contribution in [3.05, 3.63) is 0 Å². The number of fused-ring (bicyclic) bond motifs is 5. The predicted molar refractivity (Wildman–Crippen MR) is 142 cm³/mol. The van der Waals surface area contributed by atoms with E-state index in [-0.39, 0.29) is 34.5 Å². The molecule has 4 rings (SSSR count). The highest BCUT2D eigenvalue weighted by atomic mass is 16.5. The zero-order chi connectivity index (χ0) is 27.7. The van der Waals surface area contributed by atoms with E-state index in [1.807, 2.05) is 13.8 Å². The summed E-state index contributed by atoms with van der Waals surface area (Å²) in [5, 5.41) is 0. The van der Waals surface area contributed by atoms with Crippen LogP contribution < -0.4 is 0 Å². The number of ketones is 2. The molecule has 0 heterocycles. The predicted octanol–water partition coefficient (Wildman–Crippen LogP) is 6.04. The van der Waals surface area contributed by atoms with Crippen molar-refractivity contribution < 1.29 is 28.7 Å². The largest absolute Gasteiger partial charge is 0.468 e. The van der Waals surface area contributed by atoms with Gasteiger partial charge in [-0.1, -0.05) is 41.5 Å². The molecule has 0 saturated heterocycles. The minimum Gasteiger partial charge on any atom is -0.468 e. The molecule has 4 fully saturated rings. The van der Waals surface area contributed by atoms with E-state index in [2.05, 4.69) is 27.7 Å². The van der Waals surface area contributed by atoms with Crippen LogP contribution in [0.1, 0.15) is 99.3 Å². The van der Waals surface area contributed by atoms with Gasteiger partial charge in [0.25, 0.3) is 0 Å². The molecule has 0 aromatic carbocycles. The van der Waals surface area contributed by atoms with E-state index >= 15 is 0 Å². The van der Waals surface area contributed by atoms with Crippen molar-refractivity contribution in [2.24, 2.45) is 58.2 Å². The smallest absolute Gasteiger partial charge is 0.320 e. The van der Waals surface area contributed by atoms with Crippen molar-refractivity contribution in [2.45, 2.75) is 99.3 Å². The normalized spacial score (nSPS) is 39.5. The Labute approximate surface area is 224 Å². The van der Waals surface area contributed by atoms with Gasteiger partial charge in [-0.3, -0.25) is 19.2 Å². The molecule has 4 saturated carbocycles. The molecule has 0 aliphatic heterocycles. The van der Waals surface area contributed by atoms with E-state index in [1.165, 1.54) is 14.2 Å². The molecule has 0 amide bonds.